The molecule has 3 aromatic rings. The molecule has 1 heterocycles. The van der Waals surface area contributed by atoms with E-state index in [1.807, 2.05) is 49.4 Å². The average Bonchev–Trinajstić information content (AvgIpc) is 3.03. The minimum Gasteiger partial charge on any atom is -0.483 e. The third-order valence-corrected chi connectivity index (χ3v) is 3.00. The van der Waals surface area contributed by atoms with Crippen LogP contribution in [-0.2, 0) is 0 Å². The highest BCUT2D eigenvalue weighted by Crippen LogP contribution is 2.24. The maximum Gasteiger partial charge on any atom is 0.214 e. The van der Waals surface area contributed by atoms with Gasteiger partial charge in [-0.3, -0.25) is 0 Å². The molecule has 0 aliphatic heterocycles. The normalized spacial score (nSPS) is 12.1. The fourth-order valence-electron chi connectivity index (χ4n) is 1.96. The minimum atomic E-state index is -0.240. The Hall–Kier alpha value is -2.69. The summed E-state index contributed by atoms with van der Waals surface area (Å²) >= 11 is 0. The van der Waals surface area contributed by atoms with Gasteiger partial charge in [-0.1, -0.05) is 47.7 Å². The summed E-state index contributed by atoms with van der Waals surface area (Å²) < 4.78 is 5.76. The van der Waals surface area contributed by atoms with Crippen LogP contribution in [-0.4, -0.2) is 20.6 Å². The highest BCUT2D eigenvalue weighted by molar-refractivity contribution is 5.63. The summed E-state index contributed by atoms with van der Waals surface area (Å²) in [6.07, 6.45) is -0.240. The molecule has 100 valence electrons. The Morgan fingerprint density at radius 2 is 1.65 bits per heavy atom. The number of nitrogens with one attached hydrogen (secondary N) is 1. The molecule has 0 fully saturated rings. The van der Waals surface area contributed by atoms with Crippen LogP contribution < -0.4 is 4.74 Å². The molecule has 1 N–H and O–H groups in total. The Morgan fingerprint density at radius 1 is 0.950 bits per heavy atom. The van der Waals surface area contributed by atoms with Gasteiger partial charge in [0.2, 0.25) is 5.82 Å². The van der Waals surface area contributed by atoms with Gasteiger partial charge in [0, 0.05) is 0 Å². The fraction of sp³-hybridized carbons (Fsp3) is 0.133. The van der Waals surface area contributed by atoms with Gasteiger partial charge in [0.05, 0.1) is 0 Å². The summed E-state index contributed by atoms with van der Waals surface area (Å²) in [6.45, 7) is 1.88. The van der Waals surface area contributed by atoms with E-state index in [0.29, 0.717) is 5.82 Å². The van der Waals surface area contributed by atoms with E-state index in [2.05, 4.69) is 32.8 Å². The van der Waals surface area contributed by atoms with Crippen molar-refractivity contribution in [1.82, 2.24) is 20.6 Å². The monoisotopic (exact) mass is 266 g/mol. The van der Waals surface area contributed by atoms with Crippen LogP contribution in [0, 0.1) is 0 Å². The van der Waals surface area contributed by atoms with Crippen LogP contribution in [0.2, 0.25) is 0 Å². The number of hydrogen-bond donors (Lipinski definition) is 1. The maximum absolute atomic E-state index is 5.76. The molecule has 3 rings (SSSR count). The number of nitrogens with zero attached hydrogens (tertiary/aromatic N) is 3. The highest BCUT2D eigenvalue weighted by Gasteiger charge is 2.11. The van der Waals surface area contributed by atoms with Gasteiger partial charge in [0.1, 0.15) is 5.75 Å². The van der Waals surface area contributed by atoms with Crippen molar-refractivity contribution in [1.29, 1.82) is 0 Å². The summed E-state index contributed by atoms with van der Waals surface area (Å²) in [5.41, 5.74) is 2.34. The lowest BCUT2D eigenvalue weighted by Gasteiger charge is -2.11. The van der Waals surface area contributed by atoms with E-state index in [-0.39, 0.29) is 6.10 Å². The van der Waals surface area contributed by atoms with Crippen molar-refractivity contribution in [2.75, 3.05) is 0 Å². The maximum atomic E-state index is 5.76. The van der Waals surface area contributed by atoms with Crippen LogP contribution >= 0.6 is 0 Å². The van der Waals surface area contributed by atoms with Gasteiger partial charge in [-0.2, -0.15) is 5.21 Å². The molecule has 0 radical (unpaired) electrons. The molecule has 0 saturated carbocycles. The van der Waals surface area contributed by atoms with E-state index < -0.39 is 0 Å². The molecule has 0 saturated heterocycles. The minimum absolute atomic E-state index is 0.240. The zero-order valence-corrected chi connectivity index (χ0v) is 11.0. The van der Waals surface area contributed by atoms with E-state index in [1.54, 1.807) is 0 Å². The molecule has 0 aliphatic carbocycles. The number of ether oxygens (including phenoxy) is 1. The van der Waals surface area contributed by atoms with Gasteiger partial charge in [-0.15, -0.1) is 10.2 Å². The van der Waals surface area contributed by atoms with Crippen molar-refractivity contribution >= 4 is 0 Å². The first-order chi connectivity index (χ1) is 9.83. The molecule has 0 bridgehead atoms. The lowest BCUT2D eigenvalue weighted by atomic mass is 10.1. The third kappa shape index (κ3) is 2.66. The molecule has 20 heavy (non-hydrogen) atoms. The topological polar surface area (TPSA) is 63.7 Å². The van der Waals surface area contributed by atoms with Crippen LogP contribution in [0.4, 0.5) is 0 Å². The van der Waals surface area contributed by atoms with E-state index >= 15 is 0 Å². The number of aromatic amines is 1. The van der Waals surface area contributed by atoms with Crippen molar-refractivity contribution in [3.8, 4) is 16.9 Å². The van der Waals surface area contributed by atoms with Crippen molar-refractivity contribution < 1.29 is 4.74 Å². The zero-order valence-electron chi connectivity index (χ0n) is 11.0. The molecule has 2 aromatic carbocycles. The molecule has 0 aliphatic rings. The van der Waals surface area contributed by atoms with Crippen molar-refractivity contribution in [3.05, 3.63) is 60.4 Å². The first-order valence-corrected chi connectivity index (χ1v) is 6.38. The smallest absolute Gasteiger partial charge is 0.214 e. The molecule has 0 amide bonds. The predicted molar refractivity (Wildman–Crippen MR) is 75.1 cm³/mol. The van der Waals surface area contributed by atoms with E-state index in [0.717, 1.165) is 11.3 Å². The summed E-state index contributed by atoms with van der Waals surface area (Å²) in [5, 5.41) is 13.7. The molecular formula is C15H14N4O. The van der Waals surface area contributed by atoms with Crippen LogP contribution in [0.3, 0.4) is 0 Å². The van der Waals surface area contributed by atoms with Gasteiger partial charge < -0.3 is 4.74 Å². The SMILES string of the molecule is CC(Oc1ccc(-c2ccccc2)cc1)c1nn[nH]n1. The number of tetrazole rings is 1. The summed E-state index contributed by atoms with van der Waals surface area (Å²) in [5.74, 6) is 1.32. The predicted octanol–water partition coefficient (Wildman–Crippen LogP) is 3.01. The Kier molecular flexibility index (Phi) is 3.41. The molecule has 5 nitrogen and oxygen atoms in total. The molecular weight excluding hydrogens is 252 g/mol. The van der Waals surface area contributed by atoms with Crippen LogP contribution in [0.15, 0.2) is 54.6 Å². The quantitative estimate of drug-likeness (QED) is 0.788. The summed E-state index contributed by atoms with van der Waals surface area (Å²) in [4.78, 5) is 0. The Labute approximate surface area is 116 Å². The molecule has 5 heteroatoms. The van der Waals surface area contributed by atoms with E-state index in [1.165, 1.54) is 5.56 Å². The lowest BCUT2D eigenvalue weighted by molar-refractivity contribution is 0.216. The fourth-order valence-corrected chi connectivity index (χ4v) is 1.96. The molecule has 0 spiro atoms. The van der Waals surface area contributed by atoms with Gasteiger partial charge >= 0.3 is 0 Å². The van der Waals surface area contributed by atoms with E-state index in [4.69, 9.17) is 4.74 Å². The summed E-state index contributed by atoms with van der Waals surface area (Å²) in [6, 6.07) is 18.2. The second kappa shape index (κ2) is 5.52. The molecule has 1 unspecified atom stereocenters. The first kappa shape index (κ1) is 12.3. The molecule has 1 atom stereocenters. The van der Waals surface area contributed by atoms with Crippen LogP contribution in [0.5, 0.6) is 5.75 Å². The average molecular weight is 266 g/mol. The molecule has 1 aromatic heterocycles. The second-order valence-corrected chi connectivity index (χ2v) is 4.42. The number of H-pyrrole nitrogens is 1. The number of aromatic nitrogens is 4. The Morgan fingerprint density at radius 3 is 2.30 bits per heavy atom. The van der Waals surface area contributed by atoms with Gasteiger partial charge in [-0.25, -0.2) is 0 Å². The van der Waals surface area contributed by atoms with Crippen LogP contribution in [0.1, 0.15) is 18.9 Å². The lowest BCUT2D eigenvalue weighted by Crippen LogP contribution is -2.05. The Bertz CT molecular complexity index is 650. The zero-order chi connectivity index (χ0) is 13.8. The standard InChI is InChI=1S/C15H14N4O/c1-11(15-16-18-19-17-15)20-14-9-7-13(8-10-14)12-5-3-2-4-6-12/h2-11H,1H3,(H,16,17,18,19). The number of hydrogen-bond acceptors (Lipinski definition) is 4. The van der Waals surface area contributed by atoms with E-state index in [9.17, 15) is 0 Å². The third-order valence-electron chi connectivity index (χ3n) is 3.00. The Balaban J connectivity index is 1.74. The summed E-state index contributed by atoms with van der Waals surface area (Å²) in [7, 11) is 0. The van der Waals surface area contributed by atoms with Crippen LogP contribution in [0.25, 0.3) is 11.1 Å². The van der Waals surface area contributed by atoms with Gasteiger partial charge in [-0.05, 0) is 30.2 Å². The largest absolute Gasteiger partial charge is 0.483 e. The van der Waals surface area contributed by atoms with Crippen molar-refractivity contribution in [3.63, 3.8) is 0 Å². The van der Waals surface area contributed by atoms with Crippen molar-refractivity contribution in [2.24, 2.45) is 0 Å². The first-order valence-electron chi connectivity index (χ1n) is 6.38. The number of benzene rings is 2. The number of rotatable bonds is 4. The van der Waals surface area contributed by atoms with Gasteiger partial charge in [0.15, 0.2) is 6.10 Å². The second-order valence-electron chi connectivity index (χ2n) is 4.42. The van der Waals surface area contributed by atoms with Crippen molar-refractivity contribution in [2.45, 2.75) is 13.0 Å². The van der Waals surface area contributed by atoms with Gasteiger partial charge in [0.25, 0.3) is 0 Å². The highest BCUT2D eigenvalue weighted by atomic mass is 16.5.